The normalized spacial score (nSPS) is 15.8. The highest BCUT2D eigenvalue weighted by Crippen LogP contribution is 2.33. The number of carbonyl (C=O) groups is 4. The van der Waals surface area contributed by atoms with E-state index in [0.29, 0.717) is 75.6 Å². The molecule has 1 aromatic heterocycles. The molecule has 0 bridgehead atoms. The fourth-order valence-corrected chi connectivity index (χ4v) is 6.52. The molecule has 1 amide bonds. The van der Waals surface area contributed by atoms with Crippen molar-refractivity contribution in [3.63, 3.8) is 0 Å². The Labute approximate surface area is 294 Å². The Morgan fingerprint density at radius 2 is 1.37 bits per heavy atom. The summed E-state index contributed by atoms with van der Waals surface area (Å²) in [4.78, 5) is 54.1. The van der Waals surface area contributed by atoms with Gasteiger partial charge in [0.15, 0.2) is 5.78 Å². The first-order valence-electron chi connectivity index (χ1n) is 15.8. The summed E-state index contributed by atoms with van der Waals surface area (Å²) in [5, 5.41) is 0. The smallest absolute Gasteiger partial charge is 0.314 e. The number of ether oxygens (including phenoxy) is 4. The van der Waals surface area contributed by atoms with E-state index in [4.69, 9.17) is 30.5 Å². The second-order valence-electron chi connectivity index (χ2n) is 11.4. The molecule has 0 aliphatic heterocycles. The minimum absolute atomic E-state index is 0.175. The molecule has 1 saturated carbocycles. The summed E-state index contributed by atoms with van der Waals surface area (Å²) in [6.07, 6.45) is 4.84. The Morgan fingerprint density at radius 3 is 1.94 bits per heavy atom. The van der Waals surface area contributed by atoms with Gasteiger partial charge < -0.3 is 23.8 Å². The van der Waals surface area contributed by atoms with Gasteiger partial charge in [0.2, 0.25) is 0 Å². The van der Waals surface area contributed by atoms with Crippen LogP contribution in [0.2, 0.25) is 4.34 Å². The van der Waals surface area contributed by atoms with Crippen LogP contribution >= 0.6 is 22.9 Å². The van der Waals surface area contributed by atoms with Crippen LogP contribution in [0.4, 0.5) is 5.69 Å². The van der Waals surface area contributed by atoms with E-state index in [1.54, 1.807) is 84.8 Å². The van der Waals surface area contributed by atoms with Gasteiger partial charge in [-0.25, -0.2) is 0 Å². The molecule has 1 fully saturated rings. The number of halogens is 1. The van der Waals surface area contributed by atoms with Gasteiger partial charge in [0.1, 0.15) is 23.0 Å². The number of thiophene rings is 1. The number of amides is 1. The standard InChI is InChI=1S/C38H36ClNO8S/c1-4-40(28-12-16-29(45-2)17-13-28)36(42)24-9-14-30(15-10-24)47-37(43)25-5-7-26(8-6-25)38(44)48-33-20-18-31(46-3)23-27(33)11-19-32(41)34-21-22-35(39)49-34/h9-23,25-26H,4-8H2,1-3H3/b19-11+. The molecule has 0 spiro atoms. The summed E-state index contributed by atoms with van der Waals surface area (Å²) >= 11 is 7.14. The van der Waals surface area contributed by atoms with Crippen molar-refractivity contribution in [3.8, 4) is 23.0 Å². The third-order valence-electron chi connectivity index (χ3n) is 8.32. The molecule has 3 aromatic carbocycles. The van der Waals surface area contributed by atoms with E-state index in [2.05, 4.69) is 0 Å². The molecule has 0 unspecified atom stereocenters. The first kappa shape index (κ1) is 35.4. The van der Waals surface area contributed by atoms with Crippen LogP contribution < -0.4 is 23.8 Å². The molecule has 5 rings (SSSR count). The highest BCUT2D eigenvalue weighted by molar-refractivity contribution is 7.18. The maximum absolute atomic E-state index is 13.2. The SMILES string of the molecule is CCN(C(=O)c1ccc(OC(=O)C2CCC(C(=O)Oc3ccc(OC)cc3/C=C/C(=O)c3ccc(Cl)s3)CC2)cc1)c1ccc(OC)cc1. The van der Waals surface area contributed by atoms with Gasteiger partial charge in [-0.1, -0.05) is 11.6 Å². The number of ketones is 1. The number of allylic oxidation sites excluding steroid dienone is 1. The third kappa shape index (κ3) is 8.95. The summed E-state index contributed by atoms with van der Waals surface area (Å²) < 4.78 is 22.5. The van der Waals surface area contributed by atoms with E-state index in [1.165, 1.54) is 24.5 Å². The van der Waals surface area contributed by atoms with Gasteiger partial charge in [-0.15, -0.1) is 11.3 Å². The molecule has 1 aliphatic carbocycles. The van der Waals surface area contributed by atoms with Crippen LogP contribution in [0, 0.1) is 11.8 Å². The number of hydrogen-bond acceptors (Lipinski definition) is 9. The lowest BCUT2D eigenvalue weighted by molar-refractivity contribution is -0.145. The number of anilines is 1. The van der Waals surface area contributed by atoms with Crippen molar-refractivity contribution < 1.29 is 38.1 Å². The molecule has 0 radical (unpaired) electrons. The topological polar surface area (TPSA) is 108 Å². The Morgan fingerprint density at radius 1 is 0.776 bits per heavy atom. The maximum Gasteiger partial charge on any atom is 0.314 e. The number of rotatable bonds is 12. The third-order valence-corrected chi connectivity index (χ3v) is 9.56. The van der Waals surface area contributed by atoms with Crippen molar-refractivity contribution in [2.45, 2.75) is 32.6 Å². The number of nitrogens with zero attached hydrogens (tertiary/aromatic N) is 1. The molecule has 1 heterocycles. The Balaban J connectivity index is 1.14. The van der Waals surface area contributed by atoms with Crippen LogP contribution in [0.3, 0.4) is 0 Å². The lowest BCUT2D eigenvalue weighted by Gasteiger charge is -2.26. The quantitative estimate of drug-likeness (QED) is 0.0628. The molecule has 1 aliphatic rings. The molecule has 0 saturated heterocycles. The molecule has 9 nitrogen and oxygen atoms in total. The molecule has 4 aromatic rings. The zero-order chi connectivity index (χ0) is 34.9. The summed E-state index contributed by atoms with van der Waals surface area (Å²) in [6, 6.07) is 22.1. The number of carbonyl (C=O) groups excluding carboxylic acids is 4. The highest BCUT2D eigenvalue weighted by Gasteiger charge is 2.32. The second-order valence-corrected chi connectivity index (χ2v) is 13.1. The summed E-state index contributed by atoms with van der Waals surface area (Å²) in [5.41, 5.74) is 1.72. The van der Waals surface area contributed by atoms with Crippen LogP contribution in [-0.4, -0.2) is 44.4 Å². The fourth-order valence-electron chi connectivity index (χ4n) is 5.55. The van der Waals surface area contributed by atoms with E-state index in [-0.39, 0.29) is 23.6 Å². The van der Waals surface area contributed by atoms with Crippen LogP contribution in [-0.2, 0) is 9.59 Å². The van der Waals surface area contributed by atoms with E-state index in [0.717, 1.165) is 5.69 Å². The number of esters is 2. The summed E-state index contributed by atoms with van der Waals surface area (Å²) in [7, 11) is 3.11. The van der Waals surface area contributed by atoms with E-state index >= 15 is 0 Å². The van der Waals surface area contributed by atoms with Gasteiger partial charge in [-0.3, -0.25) is 19.2 Å². The molecule has 11 heteroatoms. The Bertz CT molecular complexity index is 1830. The molecular formula is C38H36ClNO8S. The predicted molar refractivity (Wildman–Crippen MR) is 189 cm³/mol. The van der Waals surface area contributed by atoms with Crippen LogP contribution in [0.5, 0.6) is 23.0 Å². The Kier molecular flexibility index (Phi) is 11.9. The van der Waals surface area contributed by atoms with E-state index in [9.17, 15) is 19.2 Å². The molecule has 49 heavy (non-hydrogen) atoms. The maximum atomic E-state index is 13.2. The molecule has 254 valence electrons. The lowest BCUT2D eigenvalue weighted by Crippen LogP contribution is -2.31. The van der Waals surface area contributed by atoms with Gasteiger partial charge in [0.05, 0.1) is 35.3 Å². The van der Waals surface area contributed by atoms with Crippen LogP contribution in [0.25, 0.3) is 6.08 Å². The van der Waals surface area contributed by atoms with E-state index in [1.807, 2.05) is 19.1 Å². The molecular weight excluding hydrogens is 666 g/mol. The van der Waals surface area contributed by atoms with Crippen LogP contribution in [0.15, 0.2) is 84.9 Å². The minimum Gasteiger partial charge on any atom is -0.497 e. The highest BCUT2D eigenvalue weighted by atomic mass is 35.5. The number of hydrogen-bond donors (Lipinski definition) is 0. The largest absolute Gasteiger partial charge is 0.497 e. The average Bonchev–Trinajstić information content (AvgIpc) is 3.58. The lowest BCUT2D eigenvalue weighted by atomic mass is 9.82. The van der Waals surface area contributed by atoms with Gasteiger partial charge in [0, 0.05) is 23.4 Å². The van der Waals surface area contributed by atoms with Gasteiger partial charge in [0.25, 0.3) is 5.91 Å². The van der Waals surface area contributed by atoms with Crippen LogP contribution in [0.1, 0.15) is 58.2 Å². The predicted octanol–water partition coefficient (Wildman–Crippen LogP) is 8.30. The second kappa shape index (κ2) is 16.5. The van der Waals surface area contributed by atoms with Crippen molar-refractivity contribution in [3.05, 3.63) is 105 Å². The zero-order valence-electron chi connectivity index (χ0n) is 27.3. The van der Waals surface area contributed by atoms with Crippen molar-refractivity contribution in [2.24, 2.45) is 11.8 Å². The van der Waals surface area contributed by atoms with Gasteiger partial charge in [-0.2, -0.15) is 0 Å². The molecule has 0 atom stereocenters. The average molecular weight is 702 g/mol. The van der Waals surface area contributed by atoms with Gasteiger partial charge >= 0.3 is 11.9 Å². The van der Waals surface area contributed by atoms with E-state index < -0.39 is 11.9 Å². The number of methoxy groups -OCH3 is 2. The first-order chi connectivity index (χ1) is 23.7. The van der Waals surface area contributed by atoms with Crippen molar-refractivity contribution in [1.29, 1.82) is 0 Å². The van der Waals surface area contributed by atoms with Crippen molar-refractivity contribution in [2.75, 3.05) is 25.7 Å². The zero-order valence-corrected chi connectivity index (χ0v) is 28.9. The summed E-state index contributed by atoms with van der Waals surface area (Å²) in [5.74, 6) is -0.0482. The first-order valence-corrected chi connectivity index (χ1v) is 17.0. The summed E-state index contributed by atoms with van der Waals surface area (Å²) in [6.45, 7) is 2.37. The Hall–Kier alpha value is -4.93. The minimum atomic E-state index is -0.404. The monoisotopic (exact) mass is 701 g/mol. The molecule has 0 N–H and O–H groups in total. The number of benzene rings is 3. The van der Waals surface area contributed by atoms with Gasteiger partial charge in [-0.05, 0) is 124 Å². The van der Waals surface area contributed by atoms with Crippen molar-refractivity contribution in [1.82, 2.24) is 0 Å². The van der Waals surface area contributed by atoms with Crippen molar-refractivity contribution >= 4 is 58.3 Å². The fraction of sp³-hybridized carbons (Fsp3) is 0.263.